The zero-order valence-electron chi connectivity index (χ0n) is 12.4. The fourth-order valence-electron chi connectivity index (χ4n) is 3.09. The van der Waals surface area contributed by atoms with Crippen LogP contribution in [0.1, 0.15) is 31.2 Å². The largest absolute Gasteiger partial charge is 0.353 e. The number of amides is 1. The molecule has 2 aliphatic rings. The topological polar surface area (TPSA) is 41.1 Å². The molecule has 0 spiro atoms. The summed E-state index contributed by atoms with van der Waals surface area (Å²) in [6, 6.07) is 10.9. The number of benzene rings is 1. The molecule has 1 amide bonds. The number of halogens is 1. The second-order valence-corrected chi connectivity index (χ2v) is 6.17. The lowest BCUT2D eigenvalue weighted by Gasteiger charge is -2.25. The lowest BCUT2D eigenvalue weighted by atomic mass is 9.95. The van der Waals surface area contributed by atoms with Crippen LogP contribution >= 0.6 is 12.4 Å². The van der Waals surface area contributed by atoms with Crippen molar-refractivity contribution >= 4 is 18.3 Å². The molecule has 0 radical (unpaired) electrons. The van der Waals surface area contributed by atoms with Crippen molar-refractivity contribution in [1.29, 1.82) is 0 Å². The van der Waals surface area contributed by atoms with Crippen molar-refractivity contribution in [2.45, 2.75) is 38.1 Å². The van der Waals surface area contributed by atoms with Gasteiger partial charge in [-0.05, 0) is 56.7 Å². The molecular weight excluding hydrogens is 284 g/mol. The van der Waals surface area contributed by atoms with Crippen molar-refractivity contribution in [3.63, 3.8) is 0 Å². The molecule has 1 heterocycles. The first-order valence-electron chi connectivity index (χ1n) is 7.88. The van der Waals surface area contributed by atoms with E-state index in [0.717, 1.165) is 32.4 Å². The maximum Gasteiger partial charge on any atom is 0.223 e. The Hall–Kier alpha value is -1.06. The van der Waals surface area contributed by atoms with Crippen LogP contribution in [0, 0.1) is 11.8 Å². The molecule has 3 nitrogen and oxygen atoms in total. The molecule has 116 valence electrons. The number of hydrogen-bond acceptors (Lipinski definition) is 2. The van der Waals surface area contributed by atoms with Crippen LogP contribution in [0.2, 0.25) is 0 Å². The van der Waals surface area contributed by atoms with E-state index in [2.05, 4.69) is 34.9 Å². The molecule has 1 unspecified atom stereocenters. The van der Waals surface area contributed by atoms with E-state index in [4.69, 9.17) is 0 Å². The number of rotatable bonds is 5. The van der Waals surface area contributed by atoms with Crippen molar-refractivity contribution < 1.29 is 4.79 Å². The van der Waals surface area contributed by atoms with Gasteiger partial charge < -0.3 is 10.6 Å². The van der Waals surface area contributed by atoms with Crippen molar-refractivity contribution in [3.05, 3.63) is 35.9 Å². The molecule has 0 bridgehead atoms. The molecule has 4 heteroatoms. The number of hydrogen-bond donors (Lipinski definition) is 2. The summed E-state index contributed by atoms with van der Waals surface area (Å²) in [5, 5.41) is 6.65. The molecule has 2 N–H and O–H groups in total. The number of piperidine rings is 1. The Morgan fingerprint density at radius 3 is 2.43 bits per heavy atom. The Balaban J connectivity index is 0.00000161. The summed E-state index contributed by atoms with van der Waals surface area (Å²) in [5.74, 6) is 1.19. The van der Waals surface area contributed by atoms with Gasteiger partial charge in [-0.15, -0.1) is 12.4 Å². The standard InChI is InChI=1S/C17H24N2O.ClH/c20-17(15-8-10-18-11-9-15)19-16(14-6-7-14)12-13-4-2-1-3-5-13;/h1-5,14-16,18H,6-12H2,(H,19,20);1H. The van der Waals surface area contributed by atoms with Crippen LogP contribution in [-0.4, -0.2) is 25.0 Å². The van der Waals surface area contributed by atoms with Gasteiger partial charge in [0.1, 0.15) is 0 Å². The van der Waals surface area contributed by atoms with Crippen LogP contribution in [0.5, 0.6) is 0 Å². The van der Waals surface area contributed by atoms with Crippen LogP contribution in [0.3, 0.4) is 0 Å². The van der Waals surface area contributed by atoms with E-state index in [1.165, 1.54) is 18.4 Å². The lowest BCUT2D eigenvalue weighted by Crippen LogP contribution is -2.44. The second kappa shape index (κ2) is 7.81. The lowest BCUT2D eigenvalue weighted by molar-refractivity contribution is -0.126. The highest BCUT2D eigenvalue weighted by Crippen LogP contribution is 2.34. The highest BCUT2D eigenvalue weighted by atomic mass is 35.5. The Bertz CT molecular complexity index is 441. The predicted molar refractivity (Wildman–Crippen MR) is 87.6 cm³/mol. The molecule has 1 aromatic carbocycles. The van der Waals surface area contributed by atoms with Gasteiger partial charge in [0.15, 0.2) is 0 Å². The summed E-state index contributed by atoms with van der Waals surface area (Å²) in [5.41, 5.74) is 1.33. The molecule has 0 aromatic heterocycles. The monoisotopic (exact) mass is 308 g/mol. The molecule has 3 rings (SSSR count). The summed E-state index contributed by atoms with van der Waals surface area (Å²) in [7, 11) is 0. The van der Waals surface area contributed by atoms with Gasteiger partial charge >= 0.3 is 0 Å². The first-order chi connectivity index (χ1) is 9.83. The summed E-state index contributed by atoms with van der Waals surface area (Å²) in [6.45, 7) is 1.95. The molecule has 21 heavy (non-hydrogen) atoms. The molecule has 2 fully saturated rings. The molecule has 1 atom stereocenters. The Kier molecular flexibility index (Phi) is 6.07. The fourth-order valence-corrected chi connectivity index (χ4v) is 3.09. The maximum absolute atomic E-state index is 12.4. The maximum atomic E-state index is 12.4. The third kappa shape index (κ3) is 4.72. The minimum absolute atomic E-state index is 0. The van der Waals surface area contributed by atoms with Crippen LogP contribution in [0.25, 0.3) is 0 Å². The van der Waals surface area contributed by atoms with Gasteiger partial charge in [0.05, 0.1) is 0 Å². The number of nitrogens with one attached hydrogen (secondary N) is 2. The third-order valence-corrected chi connectivity index (χ3v) is 4.53. The van der Waals surface area contributed by atoms with Gasteiger partial charge in [0.2, 0.25) is 5.91 Å². The van der Waals surface area contributed by atoms with E-state index in [-0.39, 0.29) is 24.2 Å². The molecule has 1 saturated carbocycles. The van der Waals surface area contributed by atoms with Crippen LogP contribution in [-0.2, 0) is 11.2 Å². The van der Waals surface area contributed by atoms with Gasteiger partial charge in [-0.3, -0.25) is 4.79 Å². The summed E-state index contributed by atoms with van der Waals surface area (Å²) in [4.78, 5) is 12.4. The van der Waals surface area contributed by atoms with E-state index in [9.17, 15) is 4.79 Å². The van der Waals surface area contributed by atoms with Crippen molar-refractivity contribution in [2.75, 3.05) is 13.1 Å². The van der Waals surface area contributed by atoms with E-state index in [0.29, 0.717) is 12.0 Å². The third-order valence-electron chi connectivity index (χ3n) is 4.53. The second-order valence-electron chi connectivity index (χ2n) is 6.17. The summed E-state index contributed by atoms with van der Waals surface area (Å²) < 4.78 is 0. The fraction of sp³-hybridized carbons (Fsp3) is 0.588. The smallest absolute Gasteiger partial charge is 0.223 e. The summed E-state index contributed by atoms with van der Waals surface area (Å²) in [6.07, 6.45) is 5.47. The zero-order valence-corrected chi connectivity index (χ0v) is 13.2. The highest BCUT2D eigenvalue weighted by molar-refractivity contribution is 5.85. The number of carbonyl (C=O) groups excluding carboxylic acids is 1. The Morgan fingerprint density at radius 1 is 1.14 bits per heavy atom. The van der Waals surface area contributed by atoms with Gasteiger partial charge in [-0.25, -0.2) is 0 Å². The molecular formula is C17H25ClN2O. The average Bonchev–Trinajstić information content (AvgIpc) is 3.33. The Morgan fingerprint density at radius 2 is 1.81 bits per heavy atom. The van der Waals surface area contributed by atoms with Crippen LogP contribution in [0.15, 0.2) is 30.3 Å². The molecule has 1 aliphatic carbocycles. The minimum Gasteiger partial charge on any atom is -0.353 e. The first kappa shape index (κ1) is 16.3. The SMILES string of the molecule is Cl.O=C(NC(Cc1ccccc1)C1CC1)C1CCNCC1. The van der Waals surface area contributed by atoms with E-state index in [1.54, 1.807) is 0 Å². The van der Waals surface area contributed by atoms with E-state index < -0.39 is 0 Å². The van der Waals surface area contributed by atoms with E-state index in [1.807, 2.05) is 6.07 Å². The molecule has 1 saturated heterocycles. The number of carbonyl (C=O) groups is 1. The van der Waals surface area contributed by atoms with Gasteiger partial charge in [-0.1, -0.05) is 30.3 Å². The summed E-state index contributed by atoms with van der Waals surface area (Å²) >= 11 is 0. The average molecular weight is 309 g/mol. The van der Waals surface area contributed by atoms with Crippen molar-refractivity contribution in [3.8, 4) is 0 Å². The van der Waals surface area contributed by atoms with Gasteiger partial charge in [-0.2, -0.15) is 0 Å². The Labute approximate surface area is 133 Å². The zero-order chi connectivity index (χ0) is 13.8. The quantitative estimate of drug-likeness (QED) is 0.877. The molecule has 1 aliphatic heterocycles. The first-order valence-corrected chi connectivity index (χ1v) is 7.88. The van der Waals surface area contributed by atoms with Crippen molar-refractivity contribution in [1.82, 2.24) is 10.6 Å². The van der Waals surface area contributed by atoms with E-state index >= 15 is 0 Å². The predicted octanol–water partition coefficient (Wildman–Crippen LogP) is 2.55. The van der Waals surface area contributed by atoms with Crippen LogP contribution in [0.4, 0.5) is 0 Å². The van der Waals surface area contributed by atoms with Gasteiger partial charge in [0.25, 0.3) is 0 Å². The normalized spacial score (nSPS) is 20.4. The van der Waals surface area contributed by atoms with Gasteiger partial charge in [0, 0.05) is 12.0 Å². The van der Waals surface area contributed by atoms with Crippen molar-refractivity contribution in [2.24, 2.45) is 11.8 Å². The minimum atomic E-state index is 0. The highest BCUT2D eigenvalue weighted by Gasteiger charge is 2.33. The van der Waals surface area contributed by atoms with Crippen LogP contribution < -0.4 is 10.6 Å². The molecule has 1 aromatic rings.